The monoisotopic (exact) mass is 276 g/mol. The third-order valence-corrected chi connectivity index (χ3v) is 4.46. The summed E-state index contributed by atoms with van der Waals surface area (Å²) in [5.41, 5.74) is 5.23. The molecule has 3 unspecified atom stereocenters. The summed E-state index contributed by atoms with van der Waals surface area (Å²) in [5, 5.41) is 0. The first-order valence-corrected chi connectivity index (χ1v) is 7.61. The van der Waals surface area contributed by atoms with Gasteiger partial charge in [-0.2, -0.15) is 0 Å². The molecule has 3 heteroatoms. The summed E-state index contributed by atoms with van der Waals surface area (Å²) >= 11 is 0. The van der Waals surface area contributed by atoms with Gasteiger partial charge in [0.1, 0.15) is 17.4 Å². The maximum absolute atomic E-state index is 12.3. The molecule has 3 N–H and O–H groups in total. The number of benzene rings is 1. The van der Waals surface area contributed by atoms with Crippen LogP contribution in [0.1, 0.15) is 50.4 Å². The van der Waals surface area contributed by atoms with Gasteiger partial charge in [0, 0.05) is 0 Å². The van der Waals surface area contributed by atoms with Crippen LogP contribution in [0, 0.1) is 17.8 Å². The van der Waals surface area contributed by atoms with Gasteiger partial charge in [0.2, 0.25) is 0 Å². The van der Waals surface area contributed by atoms with Crippen LogP contribution in [0.3, 0.4) is 0 Å². The molecule has 0 aromatic heterocycles. The lowest BCUT2D eigenvalue weighted by molar-refractivity contribution is -0.255. The van der Waals surface area contributed by atoms with Crippen molar-refractivity contribution in [3.05, 3.63) is 29.8 Å². The minimum absolute atomic E-state index is 0.0471. The molecular weight excluding hydrogens is 250 g/mol. The Hall–Kier alpha value is -1.35. The summed E-state index contributed by atoms with van der Waals surface area (Å²) in [6.45, 7) is 6.68. The fraction of sp³-hybridized carbons (Fsp3) is 0.588. The average molecular weight is 276 g/mol. The fourth-order valence-electron chi connectivity index (χ4n) is 3.17. The molecule has 3 nitrogen and oxygen atoms in total. The Morgan fingerprint density at radius 2 is 2.00 bits per heavy atom. The van der Waals surface area contributed by atoms with Crippen LogP contribution in [0.4, 0.5) is 5.69 Å². The van der Waals surface area contributed by atoms with E-state index in [1.807, 2.05) is 18.2 Å². The minimum Gasteiger partial charge on any atom is -0.458 e. The molecule has 0 radical (unpaired) electrons. The van der Waals surface area contributed by atoms with E-state index in [9.17, 15) is 4.79 Å². The van der Waals surface area contributed by atoms with Gasteiger partial charge < -0.3 is 10.5 Å². The summed E-state index contributed by atoms with van der Waals surface area (Å²) in [7, 11) is 0. The Labute approximate surface area is 121 Å². The number of rotatable bonds is 3. The topological polar surface area (TPSA) is 53.9 Å². The van der Waals surface area contributed by atoms with Gasteiger partial charge in [-0.25, -0.2) is 4.79 Å². The number of ether oxygens (including phenoxy) is 1. The van der Waals surface area contributed by atoms with Gasteiger partial charge in [0.25, 0.3) is 0 Å². The molecule has 0 spiro atoms. The van der Waals surface area contributed by atoms with E-state index in [1.165, 1.54) is 6.42 Å². The number of carbonyl (C=O) groups excluding carboxylic acids is 1. The highest BCUT2D eigenvalue weighted by atomic mass is 16.5. The molecule has 1 fully saturated rings. The van der Waals surface area contributed by atoms with Crippen molar-refractivity contribution in [1.29, 1.82) is 0 Å². The standard InChI is InChI=1S/C17H25NO2/c1-11(2)13-9-8-12(3)10-16(13)20-17(19)14-6-4-5-7-15(14)18/h4-7,11-13,16H,8-10,18H2,1-3H3/p+1. The highest BCUT2D eigenvalue weighted by Crippen LogP contribution is 2.35. The van der Waals surface area contributed by atoms with Crippen LogP contribution in [0.25, 0.3) is 0 Å². The lowest BCUT2D eigenvalue weighted by Crippen LogP contribution is -2.43. The summed E-state index contributed by atoms with van der Waals surface area (Å²) in [6, 6.07) is 7.38. The van der Waals surface area contributed by atoms with Gasteiger partial charge in [-0.1, -0.05) is 39.3 Å². The Balaban J connectivity index is 2.10. The molecule has 1 aromatic rings. The van der Waals surface area contributed by atoms with E-state index < -0.39 is 0 Å². The van der Waals surface area contributed by atoms with Gasteiger partial charge in [0.05, 0.1) is 0 Å². The van der Waals surface area contributed by atoms with E-state index in [2.05, 4.69) is 26.5 Å². The number of esters is 1. The normalized spacial score (nSPS) is 26.6. The predicted molar refractivity (Wildman–Crippen MR) is 79.5 cm³/mol. The van der Waals surface area contributed by atoms with Crippen LogP contribution >= 0.6 is 0 Å². The molecule has 3 atom stereocenters. The molecule has 20 heavy (non-hydrogen) atoms. The third-order valence-electron chi connectivity index (χ3n) is 4.46. The Bertz CT molecular complexity index is 470. The largest absolute Gasteiger partial charge is 0.458 e. The lowest BCUT2D eigenvalue weighted by atomic mass is 9.75. The SMILES string of the molecule is CC1CCC(C(C)C)C(OC(=O)c2ccccc2[NH3+])C1. The quantitative estimate of drug-likeness (QED) is 0.862. The van der Waals surface area contributed by atoms with Crippen molar-refractivity contribution >= 4 is 11.7 Å². The number of hydrogen-bond acceptors (Lipinski definition) is 2. The first-order chi connectivity index (χ1) is 9.49. The third kappa shape index (κ3) is 3.40. The number of quaternary nitrogens is 1. The summed E-state index contributed by atoms with van der Waals surface area (Å²) < 4.78 is 5.82. The van der Waals surface area contributed by atoms with Gasteiger partial charge in [-0.15, -0.1) is 0 Å². The van der Waals surface area contributed by atoms with Crippen molar-refractivity contribution in [2.45, 2.75) is 46.1 Å². The van der Waals surface area contributed by atoms with E-state index in [4.69, 9.17) is 4.74 Å². The van der Waals surface area contributed by atoms with Crippen LogP contribution in [0.15, 0.2) is 24.3 Å². The Morgan fingerprint density at radius 1 is 1.30 bits per heavy atom. The highest BCUT2D eigenvalue weighted by molar-refractivity contribution is 5.93. The lowest BCUT2D eigenvalue weighted by Gasteiger charge is -2.36. The maximum Gasteiger partial charge on any atom is 0.344 e. The molecule has 0 heterocycles. The molecule has 0 bridgehead atoms. The molecular formula is C17H26NO2+. The predicted octanol–water partition coefficient (Wildman–Crippen LogP) is 3.18. The molecule has 1 aliphatic carbocycles. The number of hydrogen-bond donors (Lipinski definition) is 1. The van der Waals surface area contributed by atoms with Crippen molar-refractivity contribution in [2.75, 3.05) is 0 Å². The molecule has 2 rings (SSSR count). The summed E-state index contributed by atoms with van der Waals surface area (Å²) in [5.74, 6) is 1.44. The van der Waals surface area contributed by atoms with Gasteiger partial charge >= 0.3 is 5.97 Å². The van der Waals surface area contributed by atoms with Gasteiger partial charge in [0.15, 0.2) is 0 Å². The second kappa shape index (κ2) is 6.40. The van der Waals surface area contributed by atoms with Crippen molar-refractivity contribution < 1.29 is 15.3 Å². The molecule has 1 aromatic carbocycles. The zero-order valence-corrected chi connectivity index (χ0v) is 12.8. The first kappa shape index (κ1) is 15.0. The Kier molecular flexibility index (Phi) is 4.81. The maximum atomic E-state index is 12.3. The minimum atomic E-state index is -0.222. The van der Waals surface area contributed by atoms with Crippen molar-refractivity contribution in [1.82, 2.24) is 0 Å². The van der Waals surface area contributed by atoms with Crippen molar-refractivity contribution in [2.24, 2.45) is 17.8 Å². The van der Waals surface area contributed by atoms with Crippen LogP contribution in [-0.4, -0.2) is 12.1 Å². The zero-order chi connectivity index (χ0) is 14.7. The molecule has 0 saturated heterocycles. The van der Waals surface area contributed by atoms with E-state index in [-0.39, 0.29) is 12.1 Å². The molecule has 1 saturated carbocycles. The molecule has 1 aliphatic rings. The van der Waals surface area contributed by atoms with Gasteiger partial charge in [-0.05, 0) is 42.7 Å². The van der Waals surface area contributed by atoms with Crippen LogP contribution in [0.2, 0.25) is 0 Å². The first-order valence-electron chi connectivity index (χ1n) is 7.61. The smallest absolute Gasteiger partial charge is 0.344 e. The average Bonchev–Trinajstić information content (AvgIpc) is 2.38. The molecule has 110 valence electrons. The number of carbonyl (C=O) groups is 1. The summed E-state index contributed by atoms with van der Waals surface area (Å²) in [4.78, 5) is 12.3. The second-order valence-electron chi connectivity index (χ2n) is 6.43. The van der Waals surface area contributed by atoms with Crippen LogP contribution in [-0.2, 0) is 4.74 Å². The van der Waals surface area contributed by atoms with Crippen LogP contribution < -0.4 is 5.73 Å². The van der Waals surface area contributed by atoms with Crippen molar-refractivity contribution in [3.8, 4) is 0 Å². The zero-order valence-electron chi connectivity index (χ0n) is 12.8. The highest BCUT2D eigenvalue weighted by Gasteiger charge is 2.34. The van der Waals surface area contributed by atoms with E-state index >= 15 is 0 Å². The van der Waals surface area contributed by atoms with E-state index in [0.29, 0.717) is 23.3 Å². The van der Waals surface area contributed by atoms with E-state index in [0.717, 1.165) is 18.5 Å². The fourth-order valence-corrected chi connectivity index (χ4v) is 3.17. The summed E-state index contributed by atoms with van der Waals surface area (Å²) in [6.07, 6.45) is 3.42. The molecule has 0 aliphatic heterocycles. The second-order valence-corrected chi connectivity index (χ2v) is 6.43. The van der Waals surface area contributed by atoms with Crippen molar-refractivity contribution in [3.63, 3.8) is 0 Å². The Morgan fingerprint density at radius 3 is 2.65 bits per heavy atom. The molecule has 0 amide bonds. The van der Waals surface area contributed by atoms with Gasteiger partial charge in [-0.3, -0.25) is 0 Å². The van der Waals surface area contributed by atoms with Crippen LogP contribution in [0.5, 0.6) is 0 Å². The van der Waals surface area contributed by atoms with E-state index in [1.54, 1.807) is 6.07 Å².